The number of amides is 15. The fourth-order valence-corrected chi connectivity index (χ4v) is 12.3. The van der Waals surface area contributed by atoms with Crippen molar-refractivity contribution in [3.63, 3.8) is 0 Å². The Morgan fingerprint density at radius 1 is 0.604 bits per heavy atom. The number of hydrogen-bond donors (Lipinski definition) is 19. The van der Waals surface area contributed by atoms with Gasteiger partial charge in [-0.3, -0.25) is 67.8 Å². The van der Waals surface area contributed by atoms with Crippen molar-refractivity contribution >= 4 is 93.7 Å². The van der Waals surface area contributed by atoms with Gasteiger partial charge in [-0.05, 0) is 101 Å². The van der Waals surface area contributed by atoms with E-state index in [1.807, 2.05) is 5.43 Å². The topological polar surface area (TPSA) is 547 Å². The summed E-state index contributed by atoms with van der Waals surface area (Å²) < 4.78 is 6.07. The molecule has 106 heavy (non-hydrogen) atoms. The van der Waals surface area contributed by atoms with Crippen LogP contribution in [0.4, 0.5) is 4.79 Å². The van der Waals surface area contributed by atoms with Crippen molar-refractivity contribution in [2.45, 2.75) is 190 Å². The summed E-state index contributed by atoms with van der Waals surface area (Å²) in [4.78, 5) is 211. The van der Waals surface area contributed by atoms with Gasteiger partial charge in [-0.2, -0.15) is 0 Å². The van der Waals surface area contributed by atoms with E-state index in [9.17, 15) is 77.3 Å². The number of hydrazine groups is 1. The summed E-state index contributed by atoms with van der Waals surface area (Å²) in [6.07, 6.45) is 7.40. The second kappa shape index (κ2) is 37.8. The number of hydrogen-bond acceptors (Lipinski definition) is 19. The number of primary amides is 1. The minimum atomic E-state index is -1.84. The molecule has 3 aliphatic rings. The zero-order chi connectivity index (χ0) is 76.8. The number of para-hydroxylation sites is 1. The van der Waals surface area contributed by atoms with Crippen LogP contribution in [0.15, 0.2) is 79.8 Å². The first-order valence-electron chi connectivity index (χ1n) is 35.0. The van der Waals surface area contributed by atoms with Gasteiger partial charge in [0.2, 0.25) is 70.9 Å². The lowest BCUT2D eigenvalue weighted by molar-refractivity contribution is -0.142. The maximum Gasteiger partial charge on any atom is 0.330 e. The number of nitrogens with two attached hydrogens (primary N) is 1. The number of ether oxygens (including phenoxy) is 1. The number of fused-ring (bicyclic) bond motifs is 1. The number of benzene rings is 2. The third-order valence-corrected chi connectivity index (χ3v) is 17.8. The van der Waals surface area contributed by atoms with Crippen LogP contribution in [0.3, 0.4) is 0 Å². The third kappa shape index (κ3) is 23.8. The second-order valence-electron chi connectivity index (χ2n) is 27.6. The molecular formula is C69H94N20O17. The summed E-state index contributed by atoms with van der Waals surface area (Å²) in [5, 5.41) is 50.9. The van der Waals surface area contributed by atoms with Crippen molar-refractivity contribution < 1.29 is 82.1 Å². The van der Waals surface area contributed by atoms with Crippen LogP contribution in [0.5, 0.6) is 5.75 Å². The van der Waals surface area contributed by atoms with Crippen LogP contribution in [0.25, 0.3) is 10.9 Å². The summed E-state index contributed by atoms with van der Waals surface area (Å²) in [5.41, 5.74) is 10.9. The molecule has 3 saturated heterocycles. The summed E-state index contributed by atoms with van der Waals surface area (Å²) in [6.45, 7) is 6.81. The van der Waals surface area contributed by atoms with Gasteiger partial charge < -0.3 is 99.0 Å². The Labute approximate surface area is 608 Å². The van der Waals surface area contributed by atoms with Gasteiger partial charge in [-0.1, -0.05) is 44.2 Å². The highest BCUT2D eigenvalue weighted by Gasteiger charge is 2.41. The van der Waals surface area contributed by atoms with E-state index >= 15 is 0 Å². The number of urea groups is 1. The number of H-pyrrole nitrogens is 3. The number of aliphatic hydroxyl groups is 1. The lowest BCUT2D eigenvalue weighted by Crippen LogP contribution is -2.62. The van der Waals surface area contributed by atoms with Crippen LogP contribution in [0, 0.1) is 5.92 Å². The molecule has 6 heterocycles. The van der Waals surface area contributed by atoms with Crippen molar-refractivity contribution in [2.75, 3.05) is 26.3 Å². The van der Waals surface area contributed by atoms with Gasteiger partial charge in [0.25, 0.3) is 5.91 Å². The molecule has 20 N–H and O–H groups in total. The van der Waals surface area contributed by atoms with E-state index in [-0.39, 0.29) is 114 Å². The Bertz CT molecular complexity index is 3940. The number of nitrogens with one attached hydrogen (secondary N) is 16. The van der Waals surface area contributed by atoms with Crippen LogP contribution >= 0.6 is 0 Å². The predicted octanol–water partition coefficient (Wildman–Crippen LogP) is -3.53. The highest BCUT2D eigenvalue weighted by molar-refractivity contribution is 6.00. The Balaban J connectivity index is 1.01. The molecule has 11 atom stereocenters. The molecule has 0 bridgehead atoms. The number of phenols is 1. The molecule has 3 fully saturated rings. The molecule has 0 unspecified atom stereocenters. The molecule has 15 amide bonds. The van der Waals surface area contributed by atoms with Crippen LogP contribution in [0.2, 0.25) is 0 Å². The van der Waals surface area contributed by atoms with Gasteiger partial charge in [-0.25, -0.2) is 20.2 Å². The van der Waals surface area contributed by atoms with Crippen molar-refractivity contribution in [3.05, 3.63) is 102 Å². The number of aromatic nitrogens is 5. The molecule has 5 aromatic rings. The molecule has 2 aromatic carbocycles. The fraction of sp³-hybridized carbons (Fsp3) is 0.507. The molecule has 0 spiro atoms. The average molecular weight is 1480 g/mol. The van der Waals surface area contributed by atoms with Crippen molar-refractivity contribution in [2.24, 2.45) is 11.7 Å². The number of imidazole rings is 2. The number of aromatic amines is 3. The molecule has 3 aromatic heterocycles. The van der Waals surface area contributed by atoms with Gasteiger partial charge >= 0.3 is 6.03 Å². The quantitative estimate of drug-likeness (QED) is 0.0136. The first-order chi connectivity index (χ1) is 50.5. The van der Waals surface area contributed by atoms with E-state index in [1.165, 1.54) is 54.2 Å². The van der Waals surface area contributed by atoms with Crippen LogP contribution in [-0.4, -0.2) is 221 Å². The minimum Gasteiger partial charge on any atom is -0.508 e. The van der Waals surface area contributed by atoms with E-state index in [4.69, 9.17) is 10.5 Å². The van der Waals surface area contributed by atoms with Gasteiger partial charge in [0.1, 0.15) is 72.2 Å². The van der Waals surface area contributed by atoms with E-state index in [1.54, 1.807) is 65.1 Å². The lowest BCUT2D eigenvalue weighted by atomic mass is 10.0. The van der Waals surface area contributed by atoms with E-state index in [0.29, 0.717) is 39.8 Å². The second-order valence-corrected chi connectivity index (χ2v) is 27.6. The summed E-state index contributed by atoms with van der Waals surface area (Å²) >= 11 is 0. The summed E-state index contributed by atoms with van der Waals surface area (Å²) in [5.74, 6) is -10.4. The number of aliphatic hydroxyl groups excluding tert-OH is 1. The standard InChI is InChI=1S/C69H94N20O17/c1-36(2)24-47(60(97)79-46(67(104)89-23-9-13-54(89)66(103)87-88-68(70)105)12-8-22-73-57(94)50(27-39-30-71-34-75-39)83-58(95)44-18-20-55(92)77-44)80-65(102)53(33-106-69(3,4)5)86-61(98)48(25-37-14-16-41(91)17-15-37)81-64(101)52(32-90)85-62(99)49(26-38-29-74-43-11-7-6-10-42(38)43)82-63(100)51(28-40-31-72-35-76-40)84-59(96)45-19-21-56(93)78-45/h6-7,10-11,14-17,29-31,34-36,44-54,74,90-91H,8-9,12-13,18-28,32-33H2,1-5H3,(H,71,75)(H,72,76)(H,73,94)(H,77,92)(H,78,93)(H,79,97)(H,80,102)(H,81,101)(H,82,100)(H,83,95)(H,84,96)(H,85,99)(H,86,98)(H,87,103)(H3,70,88,105)/t44-,45-,46-,47-,48-,49-,50-,51-,52-,53+,54-/m0/s1. The van der Waals surface area contributed by atoms with Crippen LogP contribution < -0.4 is 75.1 Å². The highest BCUT2D eigenvalue weighted by atomic mass is 16.5. The first kappa shape index (κ1) is 80.2. The van der Waals surface area contributed by atoms with Gasteiger partial charge in [0.15, 0.2) is 0 Å². The third-order valence-electron chi connectivity index (χ3n) is 17.8. The fourth-order valence-electron chi connectivity index (χ4n) is 12.3. The maximum atomic E-state index is 15.0. The number of carbonyl (C=O) groups excluding carboxylic acids is 14. The molecular weight excluding hydrogens is 1380 g/mol. The van der Waals surface area contributed by atoms with Crippen molar-refractivity contribution in [1.29, 1.82) is 0 Å². The molecule has 0 aliphatic carbocycles. The molecule has 0 saturated carbocycles. The first-order valence-corrected chi connectivity index (χ1v) is 35.0. The number of rotatable bonds is 36. The molecule has 0 radical (unpaired) electrons. The number of nitrogens with zero attached hydrogens (tertiary/aromatic N) is 3. The van der Waals surface area contributed by atoms with E-state index in [0.717, 1.165) is 0 Å². The molecule has 37 heteroatoms. The van der Waals surface area contributed by atoms with E-state index in [2.05, 4.69) is 88.8 Å². The number of phenolic OH excluding ortho intramolecular Hbond substituents is 1. The van der Waals surface area contributed by atoms with E-state index < -0.39 is 156 Å². The van der Waals surface area contributed by atoms with Gasteiger partial charge in [0.05, 0.1) is 31.5 Å². The molecule has 8 rings (SSSR count). The van der Waals surface area contributed by atoms with Crippen molar-refractivity contribution in [1.82, 2.24) is 99.2 Å². The number of likely N-dealkylation sites (tertiary alicyclic amines) is 1. The number of carbonyl (C=O) groups is 14. The van der Waals surface area contributed by atoms with Gasteiger partial charge in [-0.15, -0.1) is 0 Å². The predicted molar refractivity (Wildman–Crippen MR) is 376 cm³/mol. The Morgan fingerprint density at radius 3 is 1.67 bits per heavy atom. The lowest BCUT2D eigenvalue weighted by Gasteiger charge is -2.31. The zero-order valence-electron chi connectivity index (χ0n) is 59.4. The summed E-state index contributed by atoms with van der Waals surface area (Å²) in [7, 11) is 0. The monoisotopic (exact) mass is 1470 g/mol. The molecule has 37 nitrogen and oxygen atoms in total. The van der Waals surface area contributed by atoms with Crippen molar-refractivity contribution in [3.8, 4) is 5.75 Å². The van der Waals surface area contributed by atoms with Gasteiger partial charge in [0, 0.05) is 92.5 Å². The summed E-state index contributed by atoms with van der Waals surface area (Å²) in [6, 6.07) is -3.46. The maximum absolute atomic E-state index is 15.0. The number of aromatic hydroxyl groups is 1. The van der Waals surface area contributed by atoms with Crippen LogP contribution in [0.1, 0.15) is 115 Å². The average Bonchev–Trinajstić information content (AvgIpc) is 1.61. The smallest absolute Gasteiger partial charge is 0.330 e. The normalized spacial score (nSPS) is 17.9. The Morgan fingerprint density at radius 2 is 1.12 bits per heavy atom. The zero-order valence-corrected chi connectivity index (χ0v) is 59.4. The Kier molecular flexibility index (Phi) is 28.6. The van der Waals surface area contributed by atoms with Crippen LogP contribution in [-0.2, 0) is 92.7 Å². The minimum absolute atomic E-state index is 0.00194. The SMILES string of the molecule is CC(C)C[C@H](NC(=O)[C@@H](COC(C)(C)C)NC(=O)[C@H](Cc1ccc(O)cc1)NC(=O)[C@H](CO)NC(=O)[C@H](Cc1c[nH]c2ccccc12)NC(=O)[C@H](Cc1cnc[nH]1)NC(=O)[C@@H]1CCC(=O)N1)C(=O)N[C@@H](CCCNC(=O)[C@H](Cc1cnc[nH]1)NC(=O)[C@@H]1CCC(=O)N1)C(=O)N1CCC[C@H]1C(=O)NNC(N)=O. The largest absolute Gasteiger partial charge is 0.508 e. The Hall–Kier alpha value is -11.5. The molecule has 3 aliphatic heterocycles. The highest BCUT2D eigenvalue weighted by Crippen LogP contribution is 2.23. The molecule has 572 valence electrons.